The predicted molar refractivity (Wildman–Crippen MR) is 104 cm³/mol. The van der Waals surface area contributed by atoms with Crippen molar-refractivity contribution >= 4 is 21.7 Å². The molecule has 4 rings (SSSR count). The molecule has 0 saturated heterocycles. The quantitative estimate of drug-likeness (QED) is 0.317. The Labute approximate surface area is 155 Å². The van der Waals surface area contributed by atoms with Gasteiger partial charge in [-0.3, -0.25) is 0 Å². The van der Waals surface area contributed by atoms with Crippen molar-refractivity contribution in [2.75, 3.05) is 0 Å². The van der Waals surface area contributed by atoms with Gasteiger partial charge in [0.05, 0.1) is 5.39 Å². The van der Waals surface area contributed by atoms with Gasteiger partial charge in [-0.15, -0.1) is 0 Å². The summed E-state index contributed by atoms with van der Waals surface area (Å²) in [6.45, 7) is 2.17. The molecule has 1 heterocycles. The minimum absolute atomic E-state index is 0.347. The highest BCUT2D eigenvalue weighted by molar-refractivity contribution is 6.05. The van der Waals surface area contributed by atoms with Gasteiger partial charge < -0.3 is 4.42 Å². The van der Waals surface area contributed by atoms with E-state index in [1.165, 1.54) is 11.6 Å². The summed E-state index contributed by atoms with van der Waals surface area (Å²) in [6, 6.07) is 16.1. The second-order valence-electron chi connectivity index (χ2n) is 6.69. The van der Waals surface area contributed by atoms with Gasteiger partial charge in [-0.2, -0.15) is 4.39 Å². The van der Waals surface area contributed by atoms with Crippen LogP contribution < -0.4 is 5.63 Å². The summed E-state index contributed by atoms with van der Waals surface area (Å²) in [5.41, 5.74) is 2.12. The maximum absolute atomic E-state index is 14.0. The van der Waals surface area contributed by atoms with Crippen molar-refractivity contribution in [3.05, 3.63) is 82.2 Å². The fourth-order valence-corrected chi connectivity index (χ4v) is 3.36. The van der Waals surface area contributed by atoms with Gasteiger partial charge in [-0.1, -0.05) is 49.7 Å². The van der Waals surface area contributed by atoms with E-state index in [0.717, 1.165) is 36.5 Å². The van der Waals surface area contributed by atoms with Crippen LogP contribution in [0.5, 0.6) is 0 Å². The largest absolute Gasteiger partial charge is 0.419 e. The smallest absolute Gasteiger partial charge is 0.344 e. The normalized spacial score (nSPS) is 11.4. The predicted octanol–water partition coefficient (Wildman–Crippen LogP) is 6.23. The van der Waals surface area contributed by atoms with E-state index >= 15 is 0 Å². The molecule has 0 fully saturated rings. The molecule has 136 valence electrons. The van der Waals surface area contributed by atoms with E-state index in [9.17, 15) is 13.6 Å². The van der Waals surface area contributed by atoms with Crippen molar-refractivity contribution in [1.82, 2.24) is 0 Å². The van der Waals surface area contributed by atoms with Gasteiger partial charge >= 0.3 is 5.63 Å². The third-order valence-electron chi connectivity index (χ3n) is 4.88. The lowest BCUT2D eigenvalue weighted by molar-refractivity contribution is 0.480. The molecule has 0 N–H and O–H groups in total. The Morgan fingerprint density at radius 2 is 1.56 bits per heavy atom. The van der Waals surface area contributed by atoms with Crippen LogP contribution in [0.4, 0.5) is 8.78 Å². The van der Waals surface area contributed by atoms with Crippen LogP contribution in [0.1, 0.15) is 25.3 Å². The molecule has 0 unspecified atom stereocenters. The molecule has 0 bridgehead atoms. The number of unbranched alkanes of at least 4 members (excludes halogenated alkanes) is 1. The van der Waals surface area contributed by atoms with Crippen LogP contribution in [0, 0.1) is 11.6 Å². The van der Waals surface area contributed by atoms with E-state index in [4.69, 9.17) is 4.42 Å². The SMILES string of the molecule is CCCCc1ccc(-c2ccc3c(c2)c(=O)oc2c(F)c(F)ccc23)cc1. The molecule has 0 amide bonds. The van der Waals surface area contributed by atoms with Crippen LogP contribution in [-0.2, 0) is 6.42 Å². The lowest BCUT2D eigenvalue weighted by Crippen LogP contribution is -2.02. The zero-order valence-corrected chi connectivity index (χ0v) is 14.9. The molecule has 4 aromatic rings. The molecule has 0 radical (unpaired) electrons. The molecular weight excluding hydrogens is 346 g/mol. The average molecular weight is 364 g/mol. The van der Waals surface area contributed by atoms with E-state index < -0.39 is 17.3 Å². The molecule has 0 aliphatic heterocycles. The summed E-state index contributed by atoms with van der Waals surface area (Å²) < 4.78 is 32.5. The van der Waals surface area contributed by atoms with Crippen molar-refractivity contribution in [2.45, 2.75) is 26.2 Å². The number of fused-ring (bicyclic) bond motifs is 3. The Hall–Kier alpha value is -3.01. The third kappa shape index (κ3) is 3.12. The minimum atomic E-state index is -1.14. The van der Waals surface area contributed by atoms with E-state index in [2.05, 4.69) is 19.1 Å². The number of aryl methyl sites for hydroxylation is 1. The number of benzene rings is 3. The Morgan fingerprint density at radius 1 is 0.852 bits per heavy atom. The Balaban J connectivity index is 1.83. The van der Waals surface area contributed by atoms with Crippen LogP contribution >= 0.6 is 0 Å². The van der Waals surface area contributed by atoms with Crippen LogP contribution in [0.3, 0.4) is 0 Å². The monoisotopic (exact) mass is 364 g/mol. The maximum atomic E-state index is 14.0. The summed E-state index contributed by atoms with van der Waals surface area (Å²) in [6.07, 6.45) is 3.35. The second-order valence-corrected chi connectivity index (χ2v) is 6.69. The van der Waals surface area contributed by atoms with Crippen LogP contribution in [0.2, 0.25) is 0 Å². The topological polar surface area (TPSA) is 30.2 Å². The first-order chi connectivity index (χ1) is 13.1. The zero-order chi connectivity index (χ0) is 19.0. The zero-order valence-electron chi connectivity index (χ0n) is 14.9. The van der Waals surface area contributed by atoms with Gasteiger partial charge in [-0.25, -0.2) is 9.18 Å². The molecule has 0 aliphatic rings. The summed E-state index contributed by atoms with van der Waals surface area (Å²) in [4.78, 5) is 12.4. The number of rotatable bonds is 4. The van der Waals surface area contributed by atoms with Gasteiger partial charge in [0.15, 0.2) is 11.4 Å². The van der Waals surface area contributed by atoms with Crippen molar-refractivity contribution in [3.63, 3.8) is 0 Å². The van der Waals surface area contributed by atoms with Crippen molar-refractivity contribution in [3.8, 4) is 11.1 Å². The first-order valence-electron chi connectivity index (χ1n) is 9.02. The third-order valence-corrected chi connectivity index (χ3v) is 4.88. The fraction of sp³-hybridized carbons (Fsp3) is 0.174. The van der Waals surface area contributed by atoms with Crippen molar-refractivity contribution in [1.29, 1.82) is 0 Å². The van der Waals surface area contributed by atoms with E-state index in [0.29, 0.717) is 16.2 Å². The van der Waals surface area contributed by atoms with Crippen LogP contribution in [0.25, 0.3) is 32.9 Å². The highest BCUT2D eigenvalue weighted by atomic mass is 19.2. The molecule has 0 atom stereocenters. The second kappa shape index (κ2) is 6.95. The Morgan fingerprint density at radius 3 is 2.30 bits per heavy atom. The van der Waals surface area contributed by atoms with E-state index in [1.807, 2.05) is 18.2 Å². The van der Waals surface area contributed by atoms with E-state index in [-0.39, 0.29) is 5.58 Å². The molecule has 27 heavy (non-hydrogen) atoms. The minimum Gasteiger partial charge on any atom is -0.419 e. The van der Waals surface area contributed by atoms with Crippen molar-refractivity contribution in [2.24, 2.45) is 0 Å². The Kier molecular flexibility index (Phi) is 4.48. The van der Waals surface area contributed by atoms with Crippen LogP contribution in [-0.4, -0.2) is 0 Å². The summed E-state index contributed by atoms with van der Waals surface area (Å²) in [5, 5.41) is 1.27. The number of halogens is 2. The molecule has 1 aromatic heterocycles. The highest BCUT2D eigenvalue weighted by Crippen LogP contribution is 2.29. The molecule has 3 aromatic carbocycles. The summed E-state index contributed by atoms with van der Waals surface area (Å²) >= 11 is 0. The lowest BCUT2D eigenvalue weighted by atomic mass is 9.98. The van der Waals surface area contributed by atoms with Gasteiger partial charge in [0.25, 0.3) is 0 Å². The van der Waals surface area contributed by atoms with E-state index in [1.54, 1.807) is 12.1 Å². The molecule has 0 spiro atoms. The molecular formula is C23H18F2O2. The first kappa shape index (κ1) is 17.4. The molecule has 0 saturated carbocycles. The van der Waals surface area contributed by atoms with Crippen molar-refractivity contribution < 1.29 is 13.2 Å². The van der Waals surface area contributed by atoms with Crippen LogP contribution in [0.15, 0.2) is 63.8 Å². The lowest BCUT2D eigenvalue weighted by Gasteiger charge is -2.08. The number of hydrogen-bond donors (Lipinski definition) is 0. The van der Waals surface area contributed by atoms with Gasteiger partial charge in [0.1, 0.15) is 0 Å². The summed E-state index contributed by atoms with van der Waals surface area (Å²) in [7, 11) is 0. The number of hydrogen-bond acceptors (Lipinski definition) is 2. The average Bonchev–Trinajstić information content (AvgIpc) is 2.70. The summed E-state index contributed by atoms with van der Waals surface area (Å²) in [5.74, 6) is -2.18. The van der Waals surface area contributed by atoms with Gasteiger partial charge in [-0.05, 0) is 47.7 Å². The standard InChI is InChI=1S/C23H18F2O2/c1-2-3-4-14-5-7-15(8-6-14)16-9-10-17-18-11-12-20(24)21(25)22(18)27-23(26)19(17)13-16/h5-13H,2-4H2,1H3. The molecule has 4 heteroatoms. The fourth-order valence-electron chi connectivity index (χ4n) is 3.36. The first-order valence-corrected chi connectivity index (χ1v) is 9.02. The molecule has 0 aliphatic carbocycles. The Bertz CT molecular complexity index is 1190. The highest BCUT2D eigenvalue weighted by Gasteiger charge is 2.15. The van der Waals surface area contributed by atoms with Gasteiger partial charge in [0, 0.05) is 10.8 Å². The molecule has 2 nitrogen and oxygen atoms in total. The maximum Gasteiger partial charge on any atom is 0.344 e. The van der Waals surface area contributed by atoms with Gasteiger partial charge in [0.2, 0.25) is 5.82 Å².